The van der Waals surface area contributed by atoms with E-state index in [0.717, 1.165) is 0 Å². The van der Waals surface area contributed by atoms with Crippen LogP contribution >= 0.6 is 0 Å². The molecule has 1 aromatic rings. The van der Waals surface area contributed by atoms with Crippen LogP contribution in [0.15, 0.2) is 29.2 Å². The van der Waals surface area contributed by atoms with Gasteiger partial charge in [0.1, 0.15) is 0 Å². The van der Waals surface area contributed by atoms with E-state index in [2.05, 4.69) is 5.32 Å². The van der Waals surface area contributed by atoms with Crippen molar-refractivity contribution in [3.8, 4) is 0 Å². The Kier molecular flexibility index (Phi) is 4.36. The number of sulfonamides is 1. The summed E-state index contributed by atoms with van der Waals surface area (Å²) in [5, 5.41) is 12.1. The largest absolute Gasteiger partial charge is 0.481 e. The molecule has 0 saturated heterocycles. The fourth-order valence-electron chi connectivity index (χ4n) is 2.27. The van der Waals surface area contributed by atoms with Gasteiger partial charge in [-0.05, 0) is 37.6 Å². The molecule has 1 aliphatic carbocycles. The molecule has 1 aromatic carbocycles. The Morgan fingerprint density at radius 1 is 1.33 bits per heavy atom. The molecular formula is C14H20N2O4S. The molecule has 0 spiro atoms. The second-order valence-corrected chi connectivity index (χ2v) is 7.39. The van der Waals surface area contributed by atoms with Crippen molar-refractivity contribution in [3.63, 3.8) is 0 Å². The normalized spacial score (nSPS) is 16.9. The Bertz CT molecular complexity index is 621. The number of hydrogen-bond donors (Lipinski definition) is 2. The summed E-state index contributed by atoms with van der Waals surface area (Å²) in [7, 11) is -0.239. The minimum absolute atomic E-state index is 0.186. The van der Waals surface area contributed by atoms with Crippen molar-refractivity contribution in [1.29, 1.82) is 0 Å². The molecule has 0 atom stereocenters. The van der Waals surface area contributed by atoms with E-state index in [4.69, 9.17) is 0 Å². The van der Waals surface area contributed by atoms with Crippen LogP contribution in [-0.4, -0.2) is 51.0 Å². The molecule has 1 saturated carbocycles. The molecule has 0 aliphatic heterocycles. The van der Waals surface area contributed by atoms with Crippen LogP contribution in [0.4, 0.5) is 0 Å². The lowest BCUT2D eigenvalue weighted by Crippen LogP contribution is -2.32. The Labute approximate surface area is 124 Å². The molecule has 1 aliphatic rings. The topological polar surface area (TPSA) is 86.7 Å². The lowest BCUT2D eigenvalue weighted by Gasteiger charge is -2.17. The average Bonchev–Trinajstić information content (AvgIpc) is 3.26. The monoisotopic (exact) mass is 312 g/mol. The number of likely N-dealkylation sites (N-methyl/N-ethyl adjacent to an activating group) is 2. The van der Waals surface area contributed by atoms with Crippen LogP contribution in [0.3, 0.4) is 0 Å². The van der Waals surface area contributed by atoms with Crippen molar-refractivity contribution in [3.05, 3.63) is 29.8 Å². The summed E-state index contributed by atoms with van der Waals surface area (Å²) >= 11 is 0. The number of benzene rings is 1. The highest BCUT2D eigenvalue weighted by Gasteiger charge is 2.51. The summed E-state index contributed by atoms with van der Waals surface area (Å²) in [6.07, 6.45) is 1.22. The van der Waals surface area contributed by atoms with Crippen LogP contribution in [-0.2, 0) is 20.2 Å². The minimum atomic E-state index is -3.53. The highest BCUT2D eigenvalue weighted by Crippen LogP contribution is 2.48. The minimum Gasteiger partial charge on any atom is -0.481 e. The van der Waals surface area contributed by atoms with Crippen LogP contribution in [0.5, 0.6) is 0 Å². The number of carbonyl (C=O) groups is 1. The number of nitrogens with zero attached hydrogens (tertiary/aromatic N) is 1. The predicted molar refractivity (Wildman–Crippen MR) is 78.7 cm³/mol. The fourth-order valence-corrected chi connectivity index (χ4v) is 3.44. The first-order chi connectivity index (χ1) is 9.84. The molecule has 1 fully saturated rings. The van der Waals surface area contributed by atoms with E-state index in [1.807, 2.05) is 0 Å². The van der Waals surface area contributed by atoms with Crippen LogP contribution in [0.1, 0.15) is 18.4 Å². The molecule has 6 nitrogen and oxygen atoms in total. The summed E-state index contributed by atoms with van der Waals surface area (Å²) in [6.45, 7) is 0.940. The fraction of sp³-hybridized carbons (Fsp3) is 0.500. The molecule has 0 bridgehead atoms. The highest BCUT2D eigenvalue weighted by atomic mass is 32.2. The van der Waals surface area contributed by atoms with Crippen molar-refractivity contribution < 1.29 is 18.3 Å². The van der Waals surface area contributed by atoms with Gasteiger partial charge < -0.3 is 10.4 Å². The summed E-state index contributed by atoms with van der Waals surface area (Å²) in [5.41, 5.74) is -0.132. The first-order valence-corrected chi connectivity index (χ1v) is 8.23. The van der Waals surface area contributed by atoms with Crippen LogP contribution in [0, 0.1) is 0 Å². The molecule has 0 amide bonds. The quantitative estimate of drug-likeness (QED) is 0.772. The predicted octanol–water partition coefficient (Wildman–Crippen LogP) is 0.643. The van der Waals surface area contributed by atoms with Gasteiger partial charge in [0.05, 0.1) is 10.3 Å². The molecule has 0 heterocycles. The number of hydrogen-bond acceptors (Lipinski definition) is 4. The maximum Gasteiger partial charge on any atom is 0.314 e. The van der Waals surface area contributed by atoms with Gasteiger partial charge in [0.25, 0.3) is 0 Å². The maximum atomic E-state index is 12.3. The molecule has 116 valence electrons. The van der Waals surface area contributed by atoms with Crippen LogP contribution < -0.4 is 5.32 Å². The molecule has 2 rings (SSSR count). The first-order valence-electron chi connectivity index (χ1n) is 6.79. The van der Waals surface area contributed by atoms with Crippen molar-refractivity contribution >= 4 is 16.0 Å². The zero-order valence-corrected chi connectivity index (χ0v) is 13.0. The Balaban J connectivity index is 2.21. The SMILES string of the molecule is CNCCN(C)S(=O)(=O)c1ccc(C2(C(=O)O)CC2)cc1. The second-order valence-electron chi connectivity index (χ2n) is 5.34. The zero-order valence-electron chi connectivity index (χ0n) is 12.2. The van der Waals surface area contributed by atoms with Gasteiger partial charge in [-0.1, -0.05) is 12.1 Å². The van der Waals surface area contributed by atoms with E-state index < -0.39 is 21.4 Å². The van der Waals surface area contributed by atoms with Gasteiger partial charge in [-0.3, -0.25) is 4.79 Å². The number of rotatable bonds is 7. The Morgan fingerprint density at radius 2 is 1.90 bits per heavy atom. The smallest absolute Gasteiger partial charge is 0.314 e. The van der Waals surface area contributed by atoms with E-state index in [9.17, 15) is 18.3 Å². The average molecular weight is 312 g/mol. The molecule has 0 aromatic heterocycles. The summed E-state index contributed by atoms with van der Waals surface area (Å²) in [4.78, 5) is 11.4. The van der Waals surface area contributed by atoms with Crippen LogP contribution in [0.25, 0.3) is 0 Å². The van der Waals surface area contributed by atoms with Gasteiger partial charge in [-0.25, -0.2) is 8.42 Å². The maximum absolute atomic E-state index is 12.3. The second kappa shape index (κ2) is 5.75. The lowest BCUT2D eigenvalue weighted by molar-refractivity contribution is -0.140. The molecular weight excluding hydrogens is 292 g/mol. The lowest BCUT2D eigenvalue weighted by atomic mass is 9.96. The van der Waals surface area contributed by atoms with Crippen LogP contribution in [0.2, 0.25) is 0 Å². The van der Waals surface area contributed by atoms with Gasteiger partial charge in [0, 0.05) is 20.1 Å². The number of aliphatic carboxylic acids is 1. The van der Waals surface area contributed by atoms with Crippen molar-refractivity contribution in [2.45, 2.75) is 23.2 Å². The van der Waals surface area contributed by atoms with Gasteiger partial charge in [-0.2, -0.15) is 4.31 Å². The van der Waals surface area contributed by atoms with E-state index in [1.54, 1.807) is 19.2 Å². The summed E-state index contributed by atoms with van der Waals surface area (Å²) in [5.74, 6) is -0.843. The molecule has 0 unspecified atom stereocenters. The van der Waals surface area contributed by atoms with Gasteiger partial charge >= 0.3 is 5.97 Å². The highest BCUT2D eigenvalue weighted by molar-refractivity contribution is 7.89. The zero-order chi connectivity index (χ0) is 15.7. The van der Waals surface area contributed by atoms with E-state index in [-0.39, 0.29) is 4.90 Å². The molecule has 7 heteroatoms. The third-order valence-electron chi connectivity index (χ3n) is 3.95. The van der Waals surface area contributed by atoms with E-state index >= 15 is 0 Å². The van der Waals surface area contributed by atoms with Gasteiger partial charge in [0.2, 0.25) is 10.0 Å². The molecule has 21 heavy (non-hydrogen) atoms. The Morgan fingerprint density at radius 3 is 2.33 bits per heavy atom. The van der Waals surface area contributed by atoms with Crippen molar-refractivity contribution in [2.75, 3.05) is 27.2 Å². The third kappa shape index (κ3) is 2.95. The van der Waals surface area contributed by atoms with Gasteiger partial charge in [0.15, 0.2) is 0 Å². The van der Waals surface area contributed by atoms with Crippen molar-refractivity contribution in [1.82, 2.24) is 9.62 Å². The number of carboxylic acid groups (broad SMARTS) is 1. The summed E-state index contributed by atoms with van der Waals surface area (Å²) in [6, 6.07) is 6.20. The molecule has 0 radical (unpaired) electrons. The number of nitrogens with one attached hydrogen (secondary N) is 1. The Hall–Kier alpha value is -1.44. The van der Waals surface area contributed by atoms with E-state index in [1.165, 1.54) is 23.5 Å². The van der Waals surface area contributed by atoms with Crippen molar-refractivity contribution in [2.24, 2.45) is 0 Å². The standard InChI is InChI=1S/C14H20N2O4S/c1-15-9-10-16(2)21(19,20)12-5-3-11(4-6-12)14(7-8-14)13(17)18/h3-6,15H,7-10H2,1-2H3,(H,17,18). The molecule has 2 N–H and O–H groups in total. The number of carboxylic acids is 1. The third-order valence-corrected chi connectivity index (χ3v) is 5.82. The van der Waals surface area contributed by atoms with Gasteiger partial charge in [-0.15, -0.1) is 0 Å². The van der Waals surface area contributed by atoms with E-state index in [0.29, 0.717) is 31.5 Å². The summed E-state index contributed by atoms with van der Waals surface area (Å²) < 4.78 is 25.9. The first kappa shape index (κ1) is 15.9.